The van der Waals surface area contributed by atoms with E-state index < -0.39 is 0 Å². The molecule has 4 rings (SSSR count). The first-order chi connectivity index (χ1) is 14.1. The number of benzene rings is 2. The molecule has 2 aromatic carbocycles. The van der Waals surface area contributed by atoms with Crippen LogP contribution in [-0.4, -0.2) is 62.6 Å². The minimum absolute atomic E-state index is 0.0390. The number of aromatic nitrogens is 3. The van der Waals surface area contributed by atoms with E-state index in [0.717, 1.165) is 17.7 Å². The van der Waals surface area contributed by atoms with Crippen molar-refractivity contribution in [1.82, 2.24) is 24.6 Å². The highest BCUT2D eigenvalue weighted by Gasteiger charge is 2.26. The van der Waals surface area contributed by atoms with E-state index in [1.807, 2.05) is 60.7 Å². The standard InChI is InChI=1S/C22H23N5O2/c1-17(28)25-13-8-14-26(16-15-25)22(29)20-23-21(18-9-4-2-5-10-18)27(24-20)19-11-6-3-7-12-19/h2-7,9-12H,8,13-16H2,1H3. The lowest BCUT2D eigenvalue weighted by atomic mass is 10.2. The molecule has 29 heavy (non-hydrogen) atoms. The number of hydrogen-bond acceptors (Lipinski definition) is 4. The van der Waals surface area contributed by atoms with Gasteiger partial charge in [0.25, 0.3) is 5.91 Å². The molecule has 3 aromatic rings. The molecule has 0 unspecified atom stereocenters. The molecule has 2 amide bonds. The summed E-state index contributed by atoms with van der Waals surface area (Å²) in [6.07, 6.45) is 0.746. The van der Waals surface area contributed by atoms with Crippen molar-refractivity contribution in [1.29, 1.82) is 0 Å². The van der Waals surface area contributed by atoms with Crippen LogP contribution >= 0.6 is 0 Å². The van der Waals surface area contributed by atoms with E-state index in [1.54, 1.807) is 21.4 Å². The van der Waals surface area contributed by atoms with E-state index >= 15 is 0 Å². The second kappa shape index (κ2) is 8.26. The second-order valence-corrected chi connectivity index (χ2v) is 7.02. The van der Waals surface area contributed by atoms with Gasteiger partial charge >= 0.3 is 0 Å². The van der Waals surface area contributed by atoms with Crippen molar-refractivity contribution in [2.24, 2.45) is 0 Å². The molecule has 1 aliphatic rings. The van der Waals surface area contributed by atoms with Crippen LogP contribution in [0.2, 0.25) is 0 Å². The Bertz CT molecular complexity index is 944. The normalized spacial score (nSPS) is 14.5. The van der Waals surface area contributed by atoms with Gasteiger partial charge in [-0.3, -0.25) is 9.59 Å². The van der Waals surface area contributed by atoms with Gasteiger partial charge < -0.3 is 9.80 Å². The summed E-state index contributed by atoms with van der Waals surface area (Å²) in [4.78, 5) is 32.9. The Morgan fingerprint density at radius 3 is 2.14 bits per heavy atom. The zero-order valence-corrected chi connectivity index (χ0v) is 16.4. The molecular weight excluding hydrogens is 366 g/mol. The topological polar surface area (TPSA) is 71.3 Å². The Morgan fingerprint density at radius 1 is 0.828 bits per heavy atom. The Kier molecular flexibility index (Phi) is 5.37. The maximum Gasteiger partial charge on any atom is 0.293 e. The van der Waals surface area contributed by atoms with E-state index in [2.05, 4.69) is 10.1 Å². The highest BCUT2D eigenvalue weighted by Crippen LogP contribution is 2.21. The van der Waals surface area contributed by atoms with E-state index in [-0.39, 0.29) is 17.6 Å². The number of para-hydroxylation sites is 1. The van der Waals surface area contributed by atoms with Gasteiger partial charge in [-0.1, -0.05) is 48.5 Å². The fraction of sp³-hybridized carbons (Fsp3) is 0.273. The maximum absolute atomic E-state index is 13.1. The summed E-state index contributed by atoms with van der Waals surface area (Å²) in [5.74, 6) is 0.628. The number of hydrogen-bond donors (Lipinski definition) is 0. The molecule has 0 spiro atoms. The van der Waals surface area contributed by atoms with Gasteiger partial charge in [0.15, 0.2) is 5.82 Å². The average molecular weight is 389 g/mol. The Labute approximate surface area is 169 Å². The molecule has 2 heterocycles. The number of carbonyl (C=O) groups excluding carboxylic acids is 2. The predicted molar refractivity (Wildman–Crippen MR) is 110 cm³/mol. The summed E-state index contributed by atoms with van der Waals surface area (Å²) in [6.45, 7) is 3.83. The van der Waals surface area contributed by atoms with Crippen molar-refractivity contribution in [2.75, 3.05) is 26.2 Å². The monoisotopic (exact) mass is 389 g/mol. The third kappa shape index (κ3) is 4.03. The molecule has 0 saturated carbocycles. The molecule has 7 nitrogen and oxygen atoms in total. The largest absolute Gasteiger partial charge is 0.341 e. The molecule has 1 saturated heterocycles. The van der Waals surface area contributed by atoms with Crippen LogP contribution in [0, 0.1) is 0 Å². The minimum Gasteiger partial charge on any atom is -0.341 e. The fourth-order valence-electron chi connectivity index (χ4n) is 3.50. The van der Waals surface area contributed by atoms with Crippen molar-refractivity contribution in [2.45, 2.75) is 13.3 Å². The fourth-order valence-corrected chi connectivity index (χ4v) is 3.50. The Balaban J connectivity index is 1.67. The van der Waals surface area contributed by atoms with Gasteiger partial charge in [0, 0.05) is 38.7 Å². The summed E-state index contributed by atoms with van der Waals surface area (Å²) in [5, 5.41) is 4.55. The number of amides is 2. The molecule has 0 N–H and O–H groups in total. The smallest absolute Gasteiger partial charge is 0.293 e. The Hall–Kier alpha value is -3.48. The van der Waals surface area contributed by atoms with Crippen LogP contribution in [0.25, 0.3) is 17.1 Å². The lowest BCUT2D eigenvalue weighted by Gasteiger charge is -2.20. The first-order valence-corrected chi connectivity index (χ1v) is 9.76. The zero-order valence-electron chi connectivity index (χ0n) is 16.4. The van der Waals surface area contributed by atoms with Crippen LogP contribution < -0.4 is 0 Å². The van der Waals surface area contributed by atoms with E-state index in [9.17, 15) is 9.59 Å². The molecule has 0 atom stereocenters. The summed E-state index contributed by atoms with van der Waals surface area (Å²) in [5.41, 5.74) is 1.73. The molecule has 1 aromatic heterocycles. The van der Waals surface area contributed by atoms with Crippen LogP contribution in [0.3, 0.4) is 0 Å². The molecule has 0 radical (unpaired) electrons. The van der Waals surface area contributed by atoms with Gasteiger partial charge in [0.2, 0.25) is 11.7 Å². The highest BCUT2D eigenvalue weighted by atomic mass is 16.2. The van der Waals surface area contributed by atoms with Gasteiger partial charge in [0.05, 0.1) is 5.69 Å². The van der Waals surface area contributed by atoms with Gasteiger partial charge in [0.1, 0.15) is 0 Å². The molecule has 0 bridgehead atoms. The summed E-state index contributed by atoms with van der Waals surface area (Å²) >= 11 is 0. The third-order valence-electron chi connectivity index (χ3n) is 5.06. The van der Waals surface area contributed by atoms with Crippen molar-refractivity contribution < 1.29 is 9.59 Å². The summed E-state index contributed by atoms with van der Waals surface area (Å²) in [7, 11) is 0. The summed E-state index contributed by atoms with van der Waals surface area (Å²) < 4.78 is 1.71. The molecular formula is C22H23N5O2. The van der Waals surface area contributed by atoms with Gasteiger partial charge in [-0.2, -0.15) is 0 Å². The van der Waals surface area contributed by atoms with Crippen LogP contribution in [0.1, 0.15) is 24.0 Å². The highest BCUT2D eigenvalue weighted by molar-refractivity contribution is 5.91. The SMILES string of the molecule is CC(=O)N1CCCN(C(=O)c2nc(-c3ccccc3)n(-c3ccccc3)n2)CC1. The van der Waals surface area contributed by atoms with E-state index in [1.165, 1.54) is 0 Å². The van der Waals surface area contributed by atoms with Crippen molar-refractivity contribution in [3.63, 3.8) is 0 Å². The van der Waals surface area contributed by atoms with Crippen molar-refractivity contribution >= 4 is 11.8 Å². The molecule has 1 aliphatic heterocycles. The zero-order chi connectivity index (χ0) is 20.2. The van der Waals surface area contributed by atoms with Gasteiger partial charge in [-0.25, -0.2) is 9.67 Å². The van der Waals surface area contributed by atoms with E-state index in [0.29, 0.717) is 32.0 Å². The number of nitrogens with zero attached hydrogens (tertiary/aromatic N) is 5. The Morgan fingerprint density at radius 2 is 1.45 bits per heavy atom. The van der Waals surface area contributed by atoms with Crippen molar-refractivity contribution in [3.05, 3.63) is 66.5 Å². The number of rotatable bonds is 3. The van der Waals surface area contributed by atoms with Gasteiger partial charge in [-0.05, 0) is 18.6 Å². The maximum atomic E-state index is 13.1. The minimum atomic E-state index is -0.206. The second-order valence-electron chi connectivity index (χ2n) is 7.02. The lowest BCUT2D eigenvalue weighted by Crippen LogP contribution is -2.37. The van der Waals surface area contributed by atoms with Crippen molar-refractivity contribution in [3.8, 4) is 17.1 Å². The first kappa shape index (κ1) is 18.9. The molecule has 148 valence electrons. The predicted octanol–water partition coefficient (Wildman–Crippen LogP) is 2.63. The third-order valence-corrected chi connectivity index (χ3v) is 5.06. The summed E-state index contributed by atoms with van der Waals surface area (Å²) in [6, 6.07) is 19.4. The first-order valence-electron chi connectivity index (χ1n) is 9.76. The van der Waals surface area contributed by atoms with Gasteiger partial charge in [-0.15, -0.1) is 5.10 Å². The molecule has 0 aliphatic carbocycles. The van der Waals surface area contributed by atoms with Crippen LogP contribution in [0.4, 0.5) is 0 Å². The quantitative estimate of drug-likeness (QED) is 0.690. The number of carbonyl (C=O) groups is 2. The van der Waals surface area contributed by atoms with E-state index in [4.69, 9.17) is 0 Å². The van der Waals surface area contributed by atoms with Crippen LogP contribution in [0.5, 0.6) is 0 Å². The molecule has 1 fully saturated rings. The van der Waals surface area contributed by atoms with Crippen LogP contribution in [-0.2, 0) is 4.79 Å². The average Bonchev–Trinajstić information content (AvgIpc) is 3.05. The lowest BCUT2D eigenvalue weighted by molar-refractivity contribution is -0.128. The molecule has 7 heteroatoms. The van der Waals surface area contributed by atoms with Crippen LogP contribution in [0.15, 0.2) is 60.7 Å².